The van der Waals surface area contributed by atoms with Gasteiger partial charge in [0.25, 0.3) is 0 Å². The van der Waals surface area contributed by atoms with E-state index in [0.29, 0.717) is 22.0 Å². The Morgan fingerprint density at radius 2 is 2.16 bits per heavy atom. The number of fused-ring (bicyclic) bond motifs is 1. The van der Waals surface area contributed by atoms with Gasteiger partial charge in [0, 0.05) is 17.0 Å². The highest BCUT2D eigenvalue weighted by atomic mass is 35.5. The van der Waals surface area contributed by atoms with Crippen molar-refractivity contribution in [3.8, 4) is 0 Å². The maximum atomic E-state index is 13.4. The Kier molecular flexibility index (Phi) is 2.87. The minimum absolute atomic E-state index is 0.0994. The SMILES string of the molecule is CC1(Cc2ccc(Cl)s2)C(=O)Nc2ccc(F)cc21. The summed E-state index contributed by atoms with van der Waals surface area (Å²) in [7, 11) is 0. The minimum Gasteiger partial charge on any atom is -0.325 e. The van der Waals surface area contributed by atoms with Gasteiger partial charge in [-0.25, -0.2) is 4.39 Å². The number of halogens is 2. The molecule has 1 aliphatic heterocycles. The predicted molar refractivity (Wildman–Crippen MR) is 75.4 cm³/mol. The van der Waals surface area contributed by atoms with Crippen LogP contribution in [-0.2, 0) is 16.6 Å². The van der Waals surface area contributed by atoms with Crippen LogP contribution in [0.4, 0.5) is 10.1 Å². The molecule has 0 saturated carbocycles. The zero-order chi connectivity index (χ0) is 13.6. The fourth-order valence-corrected chi connectivity index (χ4v) is 3.68. The summed E-state index contributed by atoms with van der Waals surface area (Å²) in [6.07, 6.45) is 0.521. The number of nitrogens with one attached hydrogen (secondary N) is 1. The van der Waals surface area contributed by atoms with E-state index in [0.717, 1.165) is 4.88 Å². The maximum absolute atomic E-state index is 13.4. The van der Waals surface area contributed by atoms with Crippen LogP contribution in [0.5, 0.6) is 0 Å². The first-order chi connectivity index (χ1) is 8.99. The third-order valence-electron chi connectivity index (χ3n) is 3.48. The number of thiophene rings is 1. The number of carbonyl (C=O) groups excluding carboxylic acids is 1. The molecule has 1 amide bonds. The van der Waals surface area contributed by atoms with Crippen molar-refractivity contribution in [3.63, 3.8) is 0 Å². The van der Waals surface area contributed by atoms with Gasteiger partial charge >= 0.3 is 0 Å². The molecule has 1 aromatic heterocycles. The Morgan fingerprint density at radius 3 is 2.84 bits per heavy atom. The largest absolute Gasteiger partial charge is 0.325 e. The van der Waals surface area contributed by atoms with Crippen LogP contribution in [-0.4, -0.2) is 5.91 Å². The molecule has 0 aliphatic carbocycles. The quantitative estimate of drug-likeness (QED) is 0.891. The van der Waals surface area contributed by atoms with Gasteiger partial charge in [-0.2, -0.15) is 0 Å². The molecule has 0 saturated heterocycles. The molecule has 0 fully saturated rings. The highest BCUT2D eigenvalue weighted by Gasteiger charge is 2.43. The van der Waals surface area contributed by atoms with Crippen LogP contribution < -0.4 is 5.32 Å². The Bertz CT molecular complexity index is 669. The Hall–Kier alpha value is -1.39. The lowest BCUT2D eigenvalue weighted by Gasteiger charge is -2.21. The molecule has 1 aromatic carbocycles. The smallest absolute Gasteiger partial charge is 0.235 e. The van der Waals surface area contributed by atoms with Gasteiger partial charge in [-0.3, -0.25) is 4.79 Å². The van der Waals surface area contributed by atoms with Crippen molar-refractivity contribution in [2.75, 3.05) is 5.32 Å². The summed E-state index contributed by atoms with van der Waals surface area (Å²) in [5.74, 6) is -0.427. The van der Waals surface area contributed by atoms with Gasteiger partial charge in [-0.1, -0.05) is 11.6 Å². The van der Waals surface area contributed by atoms with E-state index in [4.69, 9.17) is 11.6 Å². The van der Waals surface area contributed by atoms with Crippen LogP contribution in [0.25, 0.3) is 0 Å². The van der Waals surface area contributed by atoms with Crippen LogP contribution >= 0.6 is 22.9 Å². The molecule has 1 aliphatic rings. The minimum atomic E-state index is -0.744. The van der Waals surface area contributed by atoms with Crippen LogP contribution in [0.2, 0.25) is 4.34 Å². The van der Waals surface area contributed by atoms with Crippen LogP contribution in [0.1, 0.15) is 17.4 Å². The first-order valence-electron chi connectivity index (χ1n) is 5.85. The third-order valence-corrected chi connectivity index (χ3v) is 4.71. The summed E-state index contributed by atoms with van der Waals surface area (Å²) in [6, 6.07) is 8.11. The van der Waals surface area contributed by atoms with E-state index in [1.54, 1.807) is 6.07 Å². The van der Waals surface area contributed by atoms with Crippen molar-refractivity contribution >= 4 is 34.5 Å². The second kappa shape index (κ2) is 4.32. The van der Waals surface area contributed by atoms with Crippen molar-refractivity contribution in [2.45, 2.75) is 18.8 Å². The monoisotopic (exact) mass is 295 g/mol. The van der Waals surface area contributed by atoms with E-state index in [2.05, 4.69) is 5.32 Å². The summed E-state index contributed by atoms with van der Waals surface area (Å²) in [5, 5.41) is 2.81. The molecular weight excluding hydrogens is 285 g/mol. The zero-order valence-corrected chi connectivity index (χ0v) is 11.7. The average molecular weight is 296 g/mol. The zero-order valence-electron chi connectivity index (χ0n) is 10.2. The number of hydrogen-bond donors (Lipinski definition) is 1. The topological polar surface area (TPSA) is 29.1 Å². The number of benzene rings is 1. The van der Waals surface area contributed by atoms with E-state index in [1.807, 2.05) is 19.1 Å². The number of carbonyl (C=O) groups is 1. The maximum Gasteiger partial charge on any atom is 0.235 e. The molecule has 1 unspecified atom stereocenters. The number of rotatable bonds is 2. The molecule has 0 radical (unpaired) electrons. The van der Waals surface area contributed by atoms with Crippen molar-refractivity contribution in [3.05, 3.63) is 50.9 Å². The molecule has 1 atom stereocenters. The molecule has 1 N–H and O–H groups in total. The molecule has 2 heterocycles. The fourth-order valence-electron chi connectivity index (χ4n) is 2.44. The Labute approximate surface area is 119 Å². The molecule has 98 valence electrons. The molecule has 2 nitrogen and oxygen atoms in total. The summed E-state index contributed by atoms with van der Waals surface area (Å²) >= 11 is 7.36. The normalized spacial score (nSPS) is 21.3. The van der Waals surface area contributed by atoms with E-state index < -0.39 is 5.41 Å². The molecule has 3 rings (SSSR count). The van der Waals surface area contributed by atoms with Crippen LogP contribution in [0, 0.1) is 5.82 Å². The number of anilines is 1. The second-order valence-electron chi connectivity index (χ2n) is 4.86. The van der Waals surface area contributed by atoms with E-state index in [-0.39, 0.29) is 11.7 Å². The Balaban J connectivity index is 2.04. The van der Waals surface area contributed by atoms with E-state index in [9.17, 15) is 9.18 Å². The highest BCUT2D eigenvalue weighted by Crippen LogP contribution is 2.41. The summed E-state index contributed by atoms with van der Waals surface area (Å²) in [5.41, 5.74) is 0.657. The second-order valence-corrected chi connectivity index (χ2v) is 6.66. The Morgan fingerprint density at radius 1 is 1.37 bits per heavy atom. The van der Waals surface area contributed by atoms with Crippen LogP contribution in [0.3, 0.4) is 0 Å². The number of hydrogen-bond acceptors (Lipinski definition) is 2. The van der Waals surface area contributed by atoms with Crippen molar-refractivity contribution in [1.29, 1.82) is 0 Å². The van der Waals surface area contributed by atoms with Gasteiger partial charge in [0.2, 0.25) is 5.91 Å². The first kappa shape index (κ1) is 12.6. The molecular formula is C14H11ClFNOS. The third kappa shape index (κ3) is 2.05. The fraction of sp³-hybridized carbons (Fsp3) is 0.214. The van der Waals surface area contributed by atoms with Gasteiger partial charge in [0.1, 0.15) is 5.82 Å². The van der Waals surface area contributed by atoms with Gasteiger partial charge in [-0.15, -0.1) is 11.3 Å². The molecule has 2 aromatic rings. The summed E-state index contributed by atoms with van der Waals surface area (Å²) in [6.45, 7) is 1.83. The van der Waals surface area contributed by atoms with E-state index >= 15 is 0 Å². The summed E-state index contributed by atoms with van der Waals surface area (Å²) in [4.78, 5) is 13.2. The standard InChI is InChI=1S/C14H11ClFNOS/c1-14(7-9-3-5-12(15)19-9)10-6-8(16)2-4-11(10)17-13(14)18/h2-6H,7H2,1H3,(H,17,18). The predicted octanol–water partition coefficient (Wildman–Crippen LogP) is 3.99. The van der Waals surface area contributed by atoms with Gasteiger partial charge in [0.15, 0.2) is 0 Å². The van der Waals surface area contributed by atoms with E-state index in [1.165, 1.54) is 23.5 Å². The lowest BCUT2D eigenvalue weighted by Crippen LogP contribution is -2.33. The van der Waals surface area contributed by atoms with Crippen LogP contribution in [0.15, 0.2) is 30.3 Å². The van der Waals surface area contributed by atoms with Gasteiger partial charge < -0.3 is 5.32 Å². The highest BCUT2D eigenvalue weighted by molar-refractivity contribution is 7.16. The molecule has 5 heteroatoms. The van der Waals surface area contributed by atoms with Gasteiger partial charge in [0.05, 0.1) is 9.75 Å². The summed E-state index contributed by atoms with van der Waals surface area (Å²) < 4.78 is 14.1. The first-order valence-corrected chi connectivity index (χ1v) is 7.04. The average Bonchev–Trinajstić information content (AvgIpc) is 2.85. The molecule has 0 bridgehead atoms. The molecule has 0 spiro atoms. The number of amides is 1. The van der Waals surface area contributed by atoms with Crippen molar-refractivity contribution < 1.29 is 9.18 Å². The lowest BCUT2D eigenvalue weighted by atomic mass is 9.80. The van der Waals surface area contributed by atoms with Gasteiger partial charge in [-0.05, 0) is 42.8 Å². The lowest BCUT2D eigenvalue weighted by molar-refractivity contribution is -0.120. The van der Waals surface area contributed by atoms with Crippen molar-refractivity contribution in [2.24, 2.45) is 0 Å². The molecule has 19 heavy (non-hydrogen) atoms. The van der Waals surface area contributed by atoms with Crippen molar-refractivity contribution in [1.82, 2.24) is 0 Å².